The summed E-state index contributed by atoms with van der Waals surface area (Å²) in [6.07, 6.45) is 3.21. The van der Waals surface area contributed by atoms with Gasteiger partial charge in [0.1, 0.15) is 5.69 Å². The quantitative estimate of drug-likeness (QED) is 0.783. The number of nitrogens with one attached hydrogen (secondary N) is 2. The molecule has 5 rings (SSSR count). The Hall–Kier alpha value is -2.24. The van der Waals surface area contributed by atoms with Crippen molar-refractivity contribution >= 4 is 23.0 Å². The van der Waals surface area contributed by atoms with Gasteiger partial charge in [0.2, 0.25) is 0 Å². The zero-order valence-corrected chi connectivity index (χ0v) is 10.0. The first-order valence-electron chi connectivity index (χ1n) is 6.23. The number of carbonyl (C=O) groups excluding carboxylic acids is 1. The van der Waals surface area contributed by atoms with Gasteiger partial charge in [-0.1, -0.05) is 0 Å². The van der Waals surface area contributed by atoms with E-state index in [4.69, 9.17) is 9.52 Å². The topological polar surface area (TPSA) is 95.3 Å². The highest BCUT2D eigenvalue weighted by atomic mass is 16.4. The van der Waals surface area contributed by atoms with Gasteiger partial charge in [-0.2, -0.15) is 0 Å². The lowest BCUT2D eigenvalue weighted by molar-refractivity contribution is -0.0443. The first-order valence-corrected chi connectivity index (χ1v) is 6.23. The summed E-state index contributed by atoms with van der Waals surface area (Å²) in [5.74, 6) is -0.251. The SMILES string of the molecule is O=C(O)c1cc2oc(C(=O)NC34CC(C3)C4)cc2[nH]1. The van der Waals surface area contributed by atoms with E-state index in [2.05, 4.69) is 10.3 Å². The molecule has 3 N–H and O–H groups in total. The molecule has 0 saturated heterocycles. The van der Waals surface area contributed by atoms with E-state index in [1.165, 1.54) is 6.07 Å². The number of furan rings is 1. The van der Waals surface area contributed by atoms with Crippen LogP contribution in [0, 0.1) is 5.92 Å². The van der Waals surface area contributed by atoms with Gasteiger partial charge in [-0.15, -0.1) is 0 Å². The van der Waals surface area contributed by atoms with Crippen molar-refractivity contribution in [3.05, 3.63) is 23.6 Å². The molecule has 6 heteroatoms. The Morgan fingerprint density at radius 3 is 2.63 bits per heavy atom. The Morgan fingerprint density at radius 2 is 2.11 bits per heavy atom. The van der Waals surface area contributed by atoms with Crippen LogP contribution in [0.3, 0.4) is 0 Å². The molecule has 0 aliphatic heterocycles. The molecule has 3 aliphatic carbocycles. The van der Waals surface area contributed by atoms with Crippen LogP contribution in [-0.2, 0) is 0 Å². The van der Waals surface area contributed by atoms with Crippen LogP contribution in [0.5, 0.6) is 0 Å². The number of fused-ring (bicyclic) bond motifs is 1. The second kappa shape index (κ2) is 3.20. The average Bonchev–Trinajstić information content (AvgIpc) is 2.78. The predicted molar refractivity (Wildman–Crippen MR) is 65.1 cm³/mol. The molecule has 2 bridgehead atoms. The van der Waals surface area contributed by atoms with Crippen molar-refractivity contribution in [3.63, 3.8) is 0 Å². The second-order valence-electron chi connectivity index (χ2n) is 5.59. The summed E-state index contributed by atoms with van der Waals surface area (Å²) in [5.41, 5.74) is 0.981. The summed E-state index contributed by atoms with van der Waals surface area (Å²) in [7, 11) is 0. The van der Waals surface area contributed by atoms with Crippen LogP contribution in [0.2, 0.25) is 0 Å². The minimum atomic E-state index is -1.05. The van der Waals surface area contributed by atoms with Crippen LogP contribution in [0.4, 0.5) is 0 Å². The molecule has 98 valence electrons. The van der Waals surface area contributed by atoms with Crippen LogP contribution >= 0.6 is 0 Å². The Balaban J connectivity index is 1.58. The monoisotopic (exact) mass is 260 g/mol. The number of hydrogen-bond acceptors (Lipinski definition) is 3. The Labute approximate surface area is 107 Å². The van der Waals surface area contributed by atoms with Crippen molar-refractivity contribution in [2.24, 2.45) is 5.92 Å². The molecule has 6 nitrogen and oxygen atoms in total. The number of carboxylic acids is 1. The van der Waals surface area contributed by atoms with Crippen molar-refractivity contribution in [1.82, 2.24) is 10.3 Å². The summed E-state index contributed by atoms with van der Waals surface area (Å²) < 4.78 is 5.39. The number of aromatic nitrogens is 1. The first kappa shape index (κ1) is 10.7. The first-order chi connectivity index (χ1) is 9.05. The van der Waals surface area contributed by atoms with Crippen molar-refractivity contribution in [2.45, 2.75) is 24.8 Å². The third-order valence-electron chi connectivity index (χ3n) is 4.18. The zero-order chi connectivity index (χ0) is 13.2. The Morgan fingerprint density at radius 1 is 1.37 bits per heavy atom. The summed E-state index contributed by atoms with van der Waals surface area (Å²) >= 11 is 0. The molecule has 2 aromatic heterocycles. The number of aromatic amines is 1. The predicted octanol–water partition coefficient (Wildman–Crippen LogP) is 1.74. The van der Waals surface area contributed by atoms with Gasteiger partial charge >= 0.3 is 5.97 Å². The van der Waals surface area contributed by atoms with Gasteiger partial charge in [0, 0.05) is 17.7 Å². The number of carbonyl (C=O) groups is 2. The van der Waals surface area contributed by atoms with Crippen molar-refractivity contribution in [3.8, 4) is 0 Å². The second-order valence-corrected chi connectivity index (χ2v) is 5.59. The standard InChI is InChI=1S/C13H12N2O4/c16-11(15-13-3-6(4-13)5-13)10-1-7-9(19-10)2-8(14-7)12(17)18/h1-2,6,14H,3-5H2,(H,15,16)(H,17,18). The van der Waals surface area contributed by atoms with Crippen LogP contribution in [0.15, 0.2) is 16.5 Å². The summed E-state index contributed by atoms with van der Waals surface area (Å²) in [5, 5.41) is 11.8. The van der Waals surface area contributed by atoms with Gasteiger partial charge in [-0.25, -0.2) is 4.79 Å². The fraction of sp³-hybridized carbons (Fsp3) is 0.385. The molecule has 3 fully saturated rings. The van der Waals surface area contributed by atoms with Gasteiger partial charge in [0.15, 0.2) is 11.3 Å². The molecular formula is C13H12N2O4. The lowest BCUT2D eigenvalue weighted by Gasteiger charge is -2.61. The highest BCUT2D eigenvalue weighted by molar-refractivity contribution is 5.98. The van der Waals surface area contributed by atoms with Crippen molar-refractivity contribution in [2.75, 3.05) is 0 Å². The molecule has 0 spiro atoms. The molecule has 0 aromatic carbocycles. The molecule has 0 radical (unpaired) electrons. The fourth-order valence-electron chi connectivity index (χ4n) is 3.08. The normalized spacial score (nSPS) is 27.7. The number of carboxylic acid groups (broad SMARTS) is 1. The molecular weight excluding hydrogens is 248 g/mol. The van der Waals surface area contributed by atoms with E-state index in [1.54, 1.807) is 6.07 Å². The largest absolute Gasteiger partial charge is 0.477 e. The minimum absolute atomic E-state index is 0.00841. The summed E-state index contributed by atoms with van der Waals surface area (Å²) in [6.45, 7) is 0. The Bertz CT molecular complexity index is 663. The van der Waals surface area contributed by atoms with Crippen LogP contribution in [-0.4, -0.2) is 27.5 Å². The molecule has 2 heterocycles. The third kappa shape index (κ3) is 1.43. The molecule has 0 atom stereocenters. The number of H-pyrrole nitrogens is 1. The van der Waals surface area contributed by atoms with E-state index < -0.39 is 5.97 Å². The lowest BCUT2D eigenvalue weighted by Crippen LogP contribution is -2.68. The van der Waals surface area contributed by atoms with Gasteiger partial charge in [-0.05, 0) is 25.2 Å². The highest BCUT2D eigenvalue weighted by Gasteiger charge is 2.57. The summed E-state index contributed by atoms with van der Waals surface area (Å²) in [6, 6.07) is 2.93. The van der Waals surface area contributed by atoms with E-state index in [1.807, 2.05) is 0 Å². The summed E-state index contributed by atoms with van der Waals surface area (Å²) in [4.78, 5) is 25.5. The average molecular weight is 260 g/mol. The minimum Gasteiger partial charge on any atom is -0.477 e. The van der Waals surface area contributed by atoms with E-state index in [0.717, 1.165) is 25.2 Å². The molecule has 1 amide bonds. The number of amides is 1. The molecule has 19 heavy (non-hydrogen) atoms. The van der Waals surface area contributed by atoms with Gasteiger partial charge in [-0.3, -0.25) is 4.79 Å². The lowest BCUT2D eigenvalue weighted by atomic mass is 9.50. The van der Waals surface area contributed by atoms with Gasteiger partial charge < -0.3 is 19.8 Å². The van der Waals surface area contributed by atoms with Crippen LogP contribution in [0.25, 0.3) is 11.1 Å². The van der Waals surface area contributed by atoms with Crippen LogP contribution < -0.4 is 5.32 Å². The maximum atomic E-state index is 12.0. The van der Waals surface area contributed by atoms with Crippen molar-refractivity contribution in [1.29, 1.82) is 0 Å². The molecule has 3 aliphatic rings. The van der Waals surface area contributed by atoms with E-state index in [9.17, 15) is 9.59 Å². The molecule has 3 saturated carbocycles. The number of aromatic carboxylic acids is 1. The van der Waals surface area contributed by atoms with Crippen LogP contribution in [0.1, 0.15) is 40.3 Å². The molecule has 2 aromatic rings. The highest BCUT2D eigenvalue weighted by Crippen LogP contribution is 2.57. The fourth-order valence-corrected chi connectivity index (χ4v) is 3.08. The third-order valence-corrected chi connectivity index (χ3v) is 4.18. The van der Waals surface area contributed by atoms with Gasteiger partial charge in [0.25, 0.3) is 5.91 Å². The smallest absolute Gasteiger partial charge is 0.352 e. The Kier molecular flexibility index (Phi) is 1.80. The van der Waals surface area contributed by atoms with Crippen molar-refractivity contribution < 1.29 is 19.1 Å². The number of rotatable bonds is 3. The number of hydrogen-bond donors (Lipinski definition) is 3. The maximum absolute atomic E-state index is 12.0. The van der Waals surface area contributed by atoms with E-state index in [-0.39, 0.29) is 22.9 Å². The maximum Gasteiger partial charge on any atom is 0.352 e. The van der Waals surface area contributed by atoms with Gasteiger partial charge in [0.05, 0.1) is 5.52 Å². The zero-order valence-electron chi connectivity index (χ0n) is 10.0. The van der Waals surface area contributed by atoms with E-state index >= 15 is 0 Å². The van der Waals surface area contributed by atoms with E-state index in [0.29, 0.717) is 11.1 Å². The molecule has 0 unspecified atom stereocenters.